The molecule has 1 amide bonds. The Morgan fingerprint density at radius 1 is 1.45 bits per heavy atom. The van der Waals surface area contributed by atoms with Crippen molar-refractivity contribution in [3.63, 3.8) is 0 Å². The molecule has 0 spiro atoms. The molecule has 0 saturated heterocycles. The van der Waals surface area contributed by atoms with Gasteiger partial charge in [0.15, 0.2) is 10.8 Å². The third-order valence-corrected chi connectivity index (χ3v) is 5.22. The summed E-state index contributed by atoms with van der Waals surface area (Å²) in [6.45, 7) is 10.2. The predicted molar refractivity (Wildman–Crippen MR) is 89.1 cm³/mol. The summed E-state index contributed by atoms with van der Waals surface area (Å²) in [6, 6.07) is 3.75. The Hall–Kier alpha value is -1.66. The van der Waals surface area contributed by atoms with Gasteiger partial charge >= 0.3 is 0 Å². The molecule has 6 heteroatoms. The molecule has 5 nitrogen and oxygen atoms in total. The summed E-state index contributed by atoms with van der Waals surface area (Å²) in [5.41, 5.74) is 6.10. The van der Waals surface area contributed by atoms with Crippen molar-refractivity contribution in [3.05, 3.63) is 28.5 Å². The molecule has 0 radical (unpaired) electrons. The Morgan fingerprint density at radius 3 is 2.64 bits per heavy atom. The Bertz CT molecular complexity index is 675. The van der Waals surface area contributed by atoms with E-state index in [0.29, 0.717) is 22.9 Å². The molecule has 0 aliphatic rings. The monoisotopic (exact) mass is 321 g/mol. The Morgan fingerprint density at radius 2 is 2.14 bits per heavy atom. The van der Waals surface area contributed by atoms with E-state index in [1.54, 1.807) is 0 Å². The van der Waals surface area contributed by atoms with E-state index in [1.807, 2.05) is 46.8 Å². The van der Waals surface area contributed by atoms with Crippen molar-refractivity contribution in [3.8, 4) is 10.8 Å². The van der Waals surface area contributed by atoms with Crippen LogP contribution in [-0.2, 0) is 0 Å². The van der Waals surface area contributed by atoms with Gasteiger partial charge < -0.3 is 15.5 Å². The van der Waals surface area contributed by atoms with E-state index in [4.69, 9.17) is 10.2 Å². The van der Waals surface area contributed by atoms with E-state index >= 15 is 0 Å². The topological polar surface area (TPSA) is 81.2 Å². The number of carbonyl (C=O) groups is 1. The molecule has 2 aromatic rings. The zero-order chi connectivity index (χ0) is 16.5. The summed E-state index contributed by atoms with van der Waals surface area (Å²) >= 11 is 1.34. The van der Waals surface area contributed by atoms with Gasteiger partial charge in [-0.1, -0.05) is 13.8 Å². The number of nitrogens with zero attached hydrogens (tertiary/aromatic N) is 1. The highest BCUT2D eigenvalue weighted by Gasteiger charge is 2.30. The van der Waals surface area contributed by atoms with E-state index in [2.05, 4.69) is 10.3 Å². The molecule has 3 N–H and O–H groups in total. The van der Waals surface area contributed by atoms with Gasteiger partial charge in [0.05, 0.1) is 11.2 Å². The van der Waals surface area contributed by atoms with Crippen LogP contribution >= 0.6 is 11.3 Å². The molecule has 22 heavy (non-hydrogen) atoms. The highest BCUT2D eigenvalue weighted by Crippen LogP contribution is 2.29. The van der Waals surface area contributed by atoms with Gasteiger partial charge in [0.25, 0.3) is 5.91 Å². The van der Waals surface area contributed by atoms with Crippen molar-refractivity contribution in [2.24, 2.45) is 11.7 Å². The van der Waals surface area contributed by atoms with Crippen molar-refractivity contribution in [1.29, 1.82) is 0 Å². The van der Waals surface area contributed by atoms with Crippen LogP contribution in [0.3, 0.4) is 0 Å². The van der Waals surface area contributed by atoms with E-state index in [-0.39, 0.29) is 11.8 Å². The highest BCUT2D eigenvalue weighted by molar-refractivity contribution is 7.17. The van der Waals surface area contributed by atoms with Crippen molar-refractivity contribution >= 4 is 17.2 Å². The average Bonchev–Trinajstić information content (AvgIpc) is 3.04. The molecular weight excluding hydrogens is 298 g/mol. The zero-order valence-electron chi connectivity index (χ0n) is 13.7. The summed E-state index contributed by atoms with van der Waals surface area (Å²) in [5.74, 6) is 1.62. The van der Waals surface area contributed by atoms with Crippen LogP contribution in [0.5, 0.6) is 0 Å². The van der Waals surface area contributed by atoms with E-state index in [9.17, 15) is 4.79 Å². The average molecular weight is 321 g/mol. The van der Waals surface area contributed by atoms with Gasteiger partial charge in [-0.05, 0) is 38.8 Å². The Labute approximate surface area is 134 Å². The first-order valence-electron chi connectivity index (χ1n) is 7.33. The molecule has 2 rings (SSSR count). The first-order chi connectivity index (χ1) is 10.3. The predicted octanol–water partition coefficient (Wildman–Crippen LogP) is 3.12. The summed E-state index contributed by atoms with van der Waals surface area (Å²) in [7, 11) is 0. The first kappa shape index (κ1) is 16.7. The number of aryl methyl sites for hydroxylation is 2. The van der Waals surface area contributed by atoms with Gasteiger partial charge in [0.2, 0.25) is 0 Å². The molecule has 0 saturated carbocycles. The quantitative estimate of drug-likeness (QED) is 0.886. The molecule has 0 aliphatic carbocycles. The summed E-state index contributed by atoms with van der Waals surface area (Å²) < 4.78 is 5.57. The van der Waals surface area contributed by atoms with Crippen LogP contribution in [-0.4, -0.2) is 23.0 Å². The van der Waals surface area contributed by atoms with Gasteiger partial charge in [-0.25, -0.2) is 4.98 Å². The molecule has 2 heterocycles. The second-order valence-corrected chi connectivity index (χ2v) is 7.07. The number of hydrogen-bond donors (Lipinski definition) is 2. The van der Waals surface area contributed by atoms with Crippen LogP contribution < -0.4 is 11.1 Å². The fourth-order valence-corrected chi connectivity index (χ4v) is 2.93. The SMILES string of the molecule is Cc1ccc(-c2nc(C)c(C(=O)NC(C)(CN)C(C)C)s2)o1. The molecular formula is C16H23N3O2S. The van der Waals surface area contributed by atoms with Crippen LogP contribution in [0.1, 0.15) is 41.9 Å². The summed E-state index contributed by atoms with van der Waals surface area (Å²) in [4.78, 5) is 17.6. The van der Waals surface area contributed by atoms with Crippen LogP contribution in [0.25, 0.3) is 10.8 Å². The molecule has 1 atom stereocenters. The van der Waals surface area contributed by atoms with Crippen molar-refractivity contribution in [1.82, 2.24) is 10.3 Å². The number of hydrogen-bond acceptors (Lipinski definition) is 5. The van der Waals surface area contributed by atoms with Gasteiger partial charge in [0, 0.05) is 6.54 Å². The van der Waals surface area contributed by atoms with E-state index < -0.39 is 5.54 Å². The summed E-state index contributed by atoms with van der Waals surface area (Å²) in [5, 5.41) is 3.76. The lowest BCUT2D eigenvalue weighted by Gasteiger charge is -2.33. The lowest BCUT2D eigenvalue weighted by molar-refractivity contribution is 0.0886. The number of furan rings is 1. The van der Waals surface area contributed by atoms with Gasteiger partial charge in [-0.2, -0.15) is 0 Å². The number of thiazole rings is 1. The minimum atomic E-state index is -0.436. The minimum absolute atomic E-state index is 0.133. The zero-order valence-corrected chi connectivity index (χ0v) is 14.5. The van der Waals surface area contributed by atoms with Crippen LogP contribution in [0.15, 0.2) is 16.5 Å². The maximum absolute atomic E-state index is 12.6. The van der Waals surface area contributed by atoms with Crippen LogP contribution in [0.2, 0.25) is 0 Å². The Balaban J connectivity index is 2.26. The lowest BCUT2D eigenvalue weighted by Crippen LogP contribution is -2.54. The van der Waals surface area contributed by atoms with E-state index in [1.165, 1.54) is 11.3 Å². The maximum Gasteiger partial charge on any atom is 0.263 e. The molecule has 2 aromatic heterocycles. The minimum Gasteiger partial charge on any atom is -0.459 e. The van der Waals surface area contributed by atoms with Gasteiger partial charge in [0.1, 0.15) is 10.6 Å². The van der Waals surface area contributed by atoms with E-state index in [0.717, 1.165) is 10.8 Å². The largest absolute Gasteiger partial charge is 0.459 e. The first-order valence-corrected chi connectivity index (χ1v) is 8.15. The highest BCUT2D eigenvalue weighted by atomic mass is 32.1. The number of rotatable bonds is 5. The number of carbonyl (C=O) groups excluding carboxylic acids is 1. The number of nitrogens with one attached hydrogen (secondary N) is 1. The number of nitrogens with two attached hydrogens (primary N) is 1. The number of aromatic nitrogens is 1. The standard InChI is InChI=1S/C16H23N3O2S/c1-9(2)16(5,8-17)19-14(20)13-11(4)18-15(22-13)12-7-6-10(3)21-12/h6-7,9H,8,17H2,1-5H3,(H,19,20). The second-order valence-electron chi connectivity index (χ2n) is 6.07. The fourth-order valence-electron chi connectivity index (χ4n) is 2.01. The van der Waals surface area contributed by atoms with Gasteiger partial charge in [-0.15, -0.1) is 11.3 Å². The van der Waals surface area contributed by atoms with Crippen molar-refractivity contribution in [2.45, 2.75) is 40.2 Å². The third kappa shape index (κ3) is 3.23. The molecule has 120 valence electrons. The molecule has 0 fully saturated rings. The van der Waals surface area contributed by atoms with Gasteiger partial charge in [-0.3, -0.25) is 4.79 Å². The molecule has 0 aromatic carbocycles. The maximum atomic E-state index is 12.6. The van der Waals surface area contributed by atoms with Crippen molar-refractivity contribution in [2.75, 3.05) is 6.54 Å². The molecule has 1 unspecified atom stereocenters. The Kier molecular flexibility index (Phi) is 4.72. The smallest absolute Gasteiger partial charge is 0.263 e. The molecule has 0 aliphatic heterocycles. The van der Waals surface area contributed by atoms with Crippen LogP contribution in [0.4, 0.5) is 0 Å². The fraction of sp³-hybridized carbons (Fsp3) is 0.500. The van der Waals surface area contributed by atoms with Crippen LogP contribution in [0, 0.1) is 19.8 Å². The summed E-state index contributed by atoms with van der Waals surface area (Å²) in [6.07, 6.45) is 0. The normalized spacial score (nSPS) is 14.1. The molecule has 0 bridgehead atoms. The number of amides is 1. The van der Waals surface area contributed by atoms with Crippen molar-refractivity contribution < 1.29 is 9.21 Å². The third-order valence-electron chi connectivity index (χ3n) is 4.05. The lowest BCUT2D eigenvalue weighted by atomic mass is 9.88. The second kappa shape index (κ2) is 6.22.